The fourth-order valence-electron chi connectivity index (χ4n) is 1.75. The highest BCUT2D eigenvalue weighted by molar-refractivity contribution is 5.52. The molecule has 1 aromatic carbocycles. The highest BCUT2D eigenvalue weighted by Crippen LogP contribution is 2.27. The van der Waals surface area contributed by atoms with Gasteiger partial charge in [0.2, 0.25) is 5.88 Å². The number of alkyl halides is 3. The number of anilines is 1. The van der Waals surface area contributed by atoms with Gasteiger partial charge in [-0.25, -0.2) is 4.98 Å². The zero-order valence-corrected chi connectivity index (χ0v) is 11.1. The lowest BCUT2D eigenvalue weighted by Crippen LogP contribution is -2.18. The monoisotopic (exact) mass is 298 g/mol. The molecule has 7 heteroatoms. The lowest BCUT2D eigenvalue weighted by atomic mass is 10.2. The maximum Gasteiger partial charge on any atom is 0.573 e. The van der Waals surface area contributed by atoms with Crippen molar-refractivity contribution in [3.05, 3.63) is 48.2 Å². The van der Waals surface area contributed by atoms with Crippen molar-refractivity contribution in [3.8, 4) is 11.6 Å². The van der Waals surface area contributed by atoms with Gasteiger partial charge < -0.3 is 14.8 Å². The van der Waals surface area contributed by atoms with Crippen LogP contribution >= 0.6 is 0 Å². The summed E-state index contributed by atoms with van der Waals surface area (Å²) in [4.78, 5) is 4.00. The molecule has 0 saturated carbocycles. The second-order valence-electron chi connectivity index (χ2n) is 4.07. The molecule has 21 heavy (non-hydrogen) atoms. The molecular weight excluding hydrogens is 285 g/mol. The van der Waals surface area contributed by atoms with Gasteiger partial charge in [0.25, 0.3) is 0 Å². The molecule has 0 spiro atoms. The van der Waals surface area contributed by atoms with Gasteiger partial charge >= 0.3 is 6.36 Å². The molecular formula is C14H13F3N2O2. The number of para-hydroxylation sites is 1. The van der Waals surface area contributed by atoms with Crippen molar-refractivity contribution < 1.29 is 22.6 Å². The number of halogens is 3. The van der Waals surface area contributed by atoms with Crippen molar-refractivity contribution in [2.45, 2.75) is 12.9 Å². The Hall–Kier alpha value is -2.44. The van der Waals surface area contributed by atoms with Gasteiger partial charge in [-0.15, -0.1) is 13.2 Å². The Kier molecular flexibility index (Phi) is 4.52. The molecule has 2 aromatic rings. The van der Waals surface area contributed by atoms with Crippen LogP contribution in [0.1, 0.15) is 5.56 Å². The molecule has 1 N–H and O–H groups in total. The predicted octanol–water partition coefficient (Wildman–Crippen LogP) is 3.60. The molecule has 112 valence electrons. The van der Waals surface area contributed by atoms with E-state index in [1.54, 1.807) is 30.5 Å². The van der Waals surface area contributed by atoms with Crippen molar-refractivity contribution in [2.24, 2.45) is 0 Å². The molecule has 0 aliphatic rings. The van der Waals surface area contributed by atoms with Gasteiger partial charge in [-0.3, -0.25) is 0 Å². The summed E-state index contributed by atoms with van der Waals surface area (Å²) in [6, 6.07) is 9.36. The molecule has 0 aliphatic heterocycles. The first-order chi connectivity index (χ1) is 9.99. The average Bonchev–Trinajstić information content (AvgIpc) is 2.45. The number of aromatic nitrogens is 1. The Bertz CT molecular complexity index is 603. The van der Waals surface area contributed by atoms with Crippen LogP contribution in [0.4, 0.5) is 18.9 Å². The number of hydrogen-bond donors (Lipinski definition) is 1. The topological polar surface area (TPSA) is 43.4 Å². The highest BCUT2D eigenvalue weighted by atomic mass is 19.4. The van der Waals surface area contributed by atoms with Gasteiger partial charge in [0.15, 0.2) is 0 Å². The fourth-order valence-corrected chi connectivity index (χ4v) is 1.75. The molecule has 0 fully saturated rings. The first kappa shape index (κ1) is 15.0. The Balaban J connectivity index is 2.13. The molecule has 4 nitrogen and oxygen atoms in total. The van der Waals surface area contributed by atoms with Crippen molar-refractivity contribution in [3.63, 3.8) is 0 Å². The number of methoxy groups -OCH3 is 1. The molecule has 0 unspecified atom stereocenters. The summed E-state index contributed by atoms with van der Waals surface area (Å²) in [7, 11) is 1.47. The van der Waals surface area contributed by atoms with E-state index < -0.39 is 6.36 Å². The number of benzene rings is 1. The maximum atomic E-state index is 12.3. The van der Waals surface area contributed by atoms with Crippen LogP contribution in [0.5, 0.6) is 11.6 Å². The normalized spacial score (nSPS) is 11.0. The minimum absolute atomic E-state index is 0.147. The third kappa shape index (κ3) is 4.27. The lowest BCUT2D eigenvalue weighted by molar-refractivity contribution is -0.274. The molecule has 1 heterocycles. The number of rotatable bonds is 5. The Morgan fingerprint density at radius 3 is 2.62 bits per heavy atom. The smallest absolute Gasteiger partial charge is 0.480 e. The van der Waals surface area contributed by atoms with E-state index in [4.69, 9.17) is 4.74 Å². The Morgan fingerprint density at radius 2 is 1.90 bits per heavy atom. The minimum Gasteiger partial charge on any atom is -0.480 e. The molecule has 0 saturated heterocycles. The van der Waals surface area contributed by atoms with Gasteiger partial charge in [-0.05, 0) is 18.2 Å². The zero-order chi connectivity index (χ0) is 15.3. The van der Waals surface area contributed by atoms with Gasteiger partial charge in [-0.1, -0.05) is 18.2 Å². The first-order valence-corrected chi connectivity index (χ1v) is 6.06. The second kappa shape index (κ2) is 6.34. The fraction of sp³-hybridized carbons (Fsp3) is 0.214. The van der Waals surface area contributed by atoms with Crippen molar-refractivity contribution >= 4 is 5.69 Å². The number of nitrogens with zero attached hydrogens (tertiary/aromatic N) is 1. The molecule has 2 rings (SSSR count). The first-order valence-electron chi connectivity index (χ1n) is 6.06. The van der Waals surface area contributed by atoms with E-state index in [0.29, 0.717) is 17.1 Å². The predicted molar refractivity (Wildman–Crippen MR) is 71.2 cm³/mol. The molecule has 0 amide bonds. The third-order valence-electron chi connectivity index (χ3n) is 2.63. The third-order valence-corrected chi connectivity index (χ3v) is 2.63. The van der Waals surface area contributed by atoms with Crippen LogP contribution < -0.4 is 14.8 Å². The summed E-state index contributed by atoms with van der Waals surface area (Å²) >= 11 is 0. The van der Waals surface area contributed by atoms with Gasteiger partial charge in [-0.2, -0.15) is 0 Å². The molecule has 0 bridgehead atoms. The average molecular weight is 298 g/mol. The summed E-state index contributed by atoms with van der Waals surface area (Å²) in [6.07, 6.45) is -3.16. The van der Waals surface area contributed by atoms with Gasteiger partial charge in [0.05, 0.1) is 12.8 Å². The van der Waals surface area contributed by atoms with E-state index in [-0.39, 0.29) is 12.3 Å². The Labute approximate surface area is 119 Å². The summed E-state index contributed by atoms with van der Waals surface area (Å²) in [5.74, 6) is 0.132. The number of ether oxygens (including phenoxy) is 2. The highest BCUT2D eigenvalue weighted by Gasteiger charge is 2.31. The van der Waals surface area contributed by atoms with E-state index in [1.165, 1.54) is 19.2 Å². The summed E-state index contributed by atoms with van der Waals surface area (Å²) < 4.78 is 46.0. The lowest BCUT2D eigenvalue weighted by Gasteiger charge is -2.14. The van der Waals surface area contributed by atoms with Crippen molar-refractivity contribution in [1.29, 1.82) is 0 Å². The molecule has 1 aromatic heterocycles. The SMILES string of the molecule is COc1ncccc1NCc1ccccc1OC(F)(F)F. The van der Waals surface area contributed by atoms with E-state index in [0.717, 1.165) is 0 Å². The van der Waals surface area contributed by atoms with Gasteiger partial charge in [0.1, 0.15) is 5.75 Å². The van der Waals surface area contributed by atoms with E-state index >= 15 is 0 Å². The maximum absolute atomic E-state index is 12.3. The summed E-state index contributed by atoms with van der Waals surface area (Å²) in [5.41, 5.74) is 0.961. The quantitative estimate of drug-likeness (QED) is 0.916. The molecule has 0 aliphatic carbocycles. The number of pyridine rings is 1. The molecule has 0 atom stereocenters. The standard InChI is InChI=1S/C14H13F3N2O2/c1-20-13-11(6-4-8-18-13)19-9-10-5-2-3-7-12(10)21-14(15,16)17/h2-8,19H,9H2,1H3. The van der Waals surface area contributed by atoms with Crippen LogP contribution in [0.25, 0.3) is 0 Å². The summed E-state index contributed by atoms with van der Waals surface area (Å²) in [6.45, 7) is 0.147. The van der Waals surface area contributed by atoms with E-state index in [9.17, 15) is 13.2 Å². The van der Waals surface area contributed by atoms with Crippen LogP contribution in [0.3, 0.4) is 0 Å². The zero-order valence-electron chi connectivity index (χ0n) is 11.1. The van der Waals surface area contributed by atoms with Crippen molar-refractivity contribution in [1.82, 2.24) is 4.98 Å². The number of nitrogens with one attached hydrogen (secondary N) is 1. The molecule has 0 radical (unpaired) electrons. The van der Waals surface area contributed by atoms with Crippen molar-refractivity contribution in [2.75, 3.05) is 12.4 Å². The van der Waals surface area contributed by atoms with Crippen LogP contribution in [0, 0.1) is 0 Å². The van der Waals surface area contributed by atoms with E-state index in [2.05, 4.69) is 15.0 Å². The summed E-state index contributed by atoms with van der Waals surface area (Å²) in [5, 5.41) is 2.97. The second-order valence-corrected chi connectivity index (χ2v) is 4.07. The Morgan fingerprint density at radius 1 is 1.14 bits per heavy atom. The minimum atomic E-state index is -4.72. The van der Waals surface area contributed by atoms with Crippen LogP contribution in [-0.4, -0.2) is 18.5 Å². The largest absolute Gasteiger partial charge is 0.573 e. The van der Waals surface area contributed by atoms with Crippen LogP contribution in [-0.2, 0) is 6.54 Å². The number of hydrogen-bond acceptors (Lipinski definition) is 4. The van der Waals surface area contributed by atoms with Gasteiger partial charge in [0, 0.05) is 18.3 Å². The van der Waals surface area contributed by atoms with Crippen LogP contribution in [0.2, 0.25) is 0 Å². The van der Waals surface area contributed by atoms with Crippen LogP contribution in [0.15, 0.2) is 42.6 Å². The van der Waals surface area contributed by atoms with E-state index in [1.807, 2.05) is 0 Å².